The molecule has 18 heavy (non-hydrogen) atoms. The van der Waals surface area contributed by atoms with Gasteiger partial charge in [0, 0.05) is 11.3 Å². The molecule has 96 valence electrons. The van der Waals surface area contributed by atoms with E-state index in [2.05, 4.69) is 17.2 Å². The second kappa shape index (κ2) is 6.80. The van der Waals surface area contributed by atoms with E-state index in [1.54, 1.807) is 4.90 Å². The van der Waals surface area contributed by atoms with Crippen molar-refractivity contribution < 1.29 is 9.90 Å². The molecule has 4 nitrogen and oxygen atoms in total. The van der Waals surface area contributed by atoms with E-state index in [-0.39, 0.29) is 12.5 Å². The molecule has 0 aromatic heterocycles. The Kier molecular flexibility index (Phi) is 5.37. The molecule has 2 N–H and O–H groups in total. The Labute approximate surface area is 108 Å². The van der Waals surface area contributed by atoms with Gasteiger partial charge in [0.25, 0.3) is 0 Å². The third-order valence-corrected chi connectivity index (χ3v) is 2.28. The second-order valence-electron chi connectivity index (χ2n) is 4.28. The van der Waals surface area contributed by atoms with Crippen molar-refractivity contribution in [2.24, 2.45) is 0 Å². The smallest absolute Gasteiger partial charge is 0.238 e. The number of aliphatic hydroxyl groups is 1. The van der Waals surface area contributed by atoms with Crippen LogP contribution < -0.4 is 5.32 Å². The van der Waals surface area contributed by atoms with E-state index in [1.807, 2.05) is 39.2 Å². The molecule has 1 amide bonds. The molecule has 1 aromatic rings. The number of aryl methyl sites for hydroxylation is 1. The summed E-state index contributed by atoms with van der Waals surface area (Å²) in [5.74, 6) is 5.39. The zero-order valence-corrected chi connectivity index (χ0v) is 10.9. The molecule has 0 aliphatic heterocycles. The highest BCUT2D eigenvalue weighted by Crippen LogP contribution is 2.14. The first-order chi connectivity index (χ1) is 8.52. The highest BCUT2D eigenvalue weighted by molar-refractivity contribution is 5.92. The number of aliphatic hydroxyl groups excluding tert-OH is 1. The fourth-order valence-corrected chi connectivity index (χ4v) is 1.46. The van der Waals surface area contributed by atoms with Crippen LogP contribution >= 0.6 is 0 Å². The summed E-state index contributed by atoms with van der Waals surface area (Å²) in [6.07, 6.45) is 0. The van der Waals surface area contributed by atoms with Crippen LogP contribution in [0.15, 0.2) is 18.2 Å². The lowest BCUT2D eigenvalue weighted by molar-refractivity contribution is -0.116. The van der Waals surface area contributed by atoms with E-state index in [0.717, 1.165) is 16.8 Å². The Balaban J connectivity index is 2.82. The van der Waals surface area contributed by atoms with E-state index in [4.69, 9.17) is 5.11 Å². The SMILES string of the molecule is Cc1ccc(NC(=O)CN(C)C)cc1C#CCO. The van der Waals surface area contributed by atoms with E-state index >= 15 is 0 Å². The first kappa shape index (κ1) is 14.2. The Bertz CT molecular complexity index is 484. The third kappa shape index (κ3) is 4.58. The maximum absolute atomic E-state index is 11.6. The number of nitrogens with one attached hydrogen (secondary N) is 1. The number of nitrogens with zero attached hydrogens (tertiary/aromatic N) is 1. The zero-order chi connectivity index (χ0) is 13.5. The van der Waals surface area contributed by atoms with Crippen molar-refractivity contribution in [3.05, 3.63) is 29.3 Å². The number of carbonyl (C=O) groups is 1. The van der Waals surface area contributed by atoms with Crippen LogP contribution in [0.1, 0.15) is 11.1 Å². The number of hydrogen-bond donors (Lipinski definition) is 2. The molecule has 0 unspecified atom stereocenters. The van der Waals surface area contributed by atoms with E-state index < -0.39 is 0 Å². The highest BCUT2D eigenvalue weighted by Gasteiger charge is 2.04. The molecule has 0 heterocycles. The Morgan fingerprint density at radius 2 is 2.17 bits per heavy atom. The van der Waals surface area contributed by atoms with E-state index in [9.17, 15) is 4.79 Å². The van der Waals surface area contributed by atoms with Gasteiger partial charge in [-0.05, 0) is 38.7 Å². The average Bonchev–Trinajstić information content (AvgIpc) is 2.28. The summed E-state index contributed by atoms with van der Waals surface area (Å²) in [6.45, 7) is 2.11. The summed E-state index contributed by atoms with van der Waals surface area (Å²) in [6, 6.07) is 5.55. The maximum atomic E-state index is 11.6. The predicted octanol–water partition coefficient (Wildman–Crippen LogP) is 0.839. The molecular weight excluding hydrogens is 228 g/mol. The normalized spacial score (nSPS) is 9.83. The second-order valence-corrected chi connectivity index (χ2v) is 4.28. The zero-order valence-electron chi connectivity index (χ0n) is 10.9. The van der Waals surface area contributed by atoms with Gasteiger partial charge in [-0.25, -0.2) is 0 Å². The standard InChI is InChI=1S/C14H18N2O2/c1-11-6-7-13(9-12(11)5-4-8-17)15-14(18)10-16(2)3/h6-7,9,17H,8,10H2,1-3H3,(H,15,18). The molecular formula is C14H18N2O2. The monoisotopic (exact) mass is 246 g/mol. The van der Waals surface area contributed by atoms with Crippen molar-refractivity contribution in [3.63, 3.8) is 0 Å². The van der Waals surface area contributed by atoms with Crippen molar-refractivity contribution in [1.29, 1.82) is 0 Å². The van der Waals surface area contributed by atoms with Gasteiger partial charge >= 0.3 is 0 Å². The Hall–Kier alpha value is -1.83. The summed E-state index contributed by atoms with van der Waals surface area (Å²) >= 11 is 0. The van der Waals surface area contributed by atoms with E-state index in [0.29, 0.717) is 6.54 Å². The quantitative estimate of drug-likeness (QED) is 0.777. The first-order valence-electron chi connectivity index (χ1n) is 5.68. The number of amides is 1. The third-order valence-electron chi connectivity index (χ3n) is 2.28. The topological polar surface area (TPSA) is 52.6 Å². The Morgan fingerprint density at radius 3 is 2.78 bits per heavy atom. The van der Waals surface area contributed by atoms with Crippen molar-refractivity contribution in [2.45, 2.75) is 6.92 Å². The number of hydrogen-bond acceptors (Lipinski definition) is 3. The van der Waals surface area contributed by atoms with Gasteiger partial charge in [0.2, 0.25) is 5.91 Å². The van der Waals surface area contributed by atoms with Gasteiger partial charge in [-0.3, -0.25) is 4.79 Å². The molecule has 0 fully saturated rings. The molecule has 1 aromatic carbocycles. The number of anilines is 1. The number of benzene rings is 1. The van der Waals surface area contributed by atoms with Crippen LogP contribution in [0.2, 0.25) is 0 Å². The number of carbonyl (C=O) groups excluding carboxylic acids is 1. The van der Waals surface area contributed by atoms with Crippen LogP contribution in [0.5, 0.6) is 0 Å². The predicted molar refractivity (Wildman–Crippen MR) is 72.3 cm³/mol. The molecule has 0 aliphatic rings. The van der Waals surface area contributed by atoms with Crippen LogP contribution in [0, 0.1) is 18.8 Å². The van der Waals surface area contributed by atoms with Crippen molar-refractivity contribution >= 4 is 11.6 Å². The molecule has 0 bridgehead atoms. The van der Waals surface area contributed by atoms with Crippen molar-refractivity contribution in [3.8, 4) is 11.8 Å². The van der Waals surface area contributed by atoms with Crippen LogP contribution in [-0.2, 0) is 4.79 Å². The first-order valence-corrected chi connectivity index (χ1v) is 5.68. The van der Waals surface area contributed by atoms with Gasteiger partial charge in [0.1, 0.15) is 6.61 Å². The summed E-state index contributed by atoms with van der Waals surface area (Å²) in [4.78, 5) is 13.4. The van der Waals surface area contributed by atoms with Gasteiger partial charge in [-0.15, -0.1) is 0 Å². The fraction of sp³-hybridized carbons (Fsp3) is 0.357. The fourth-order valence-electron chi connectivity index (χ4n) is 1.46. The largest absolute Gasteiger partial charge is 0.384 e. The van der Waals surface area contributed by atoms with E-state index in [1.165, 1.54) is 0 Å². The Morgan fingerprint density at radius 1 is 1.44 bits per heavy atom. The molecule has 0 aliphatic carbocycles. The van der Waals surface area contributed by atoms with Gasteiger partial charge < -0.3 is 15.3 Å². The van der Waals surface area contributed by atoms with Gasteiger partial charge in [0.15, 0.2) is 0 Å². The maximum Gasteiger partial charge on any atom is 0.238 e. The van der Waals surface area contributed by atoms with Crippen molar-refractivity contribution in [2.75, 3.05) is 32.6 Å². The van der Waals surface area contributed by atoms with Gasteiger partial charge in [-0.2, -0.15) is 0 Å². The van der Waals surface area contributed by atoms with Crippen LogP contribution in [0.4, 0.5) is 5.69 Å². The summed E-state index contributed by atoms with van der Waals surface area (Å²) < 4.78 is 0. The minimum atomic E-state index is -0.170. The molecule has 0 radical (unpaired) electrons. The summed E-state index contributed by atoms with van der Waals surface area (Å²) in [5, 5.41) is 11.5. The van der Waals surface area contributed by atoms with Crippen LogP contribution in [0.25, 0.3) is 0 Å². The van der Waals surface area contributed by atoms with Crippen LogP contribution in [-0.4, -0.2) is 43.2 Å². The summed E-state index contributed by atoms with van der Waals surface area (Å²) in [7, 11) is 3.68. The average molecular weight is 246 g/mol. The lowest BCUT2D eigenvalue weighted by Crippen LogP contribution is -2.27. The summed E-state index contributed by atoms with van der Waals surface area (Å²) in [5.41, 5.74) is 2.54. The molecule has 0 spiro atoms. The van der Waals surface area contributed by atoms with Crippen LogP contribution in [0.3, 0.4) is 0 Å². The molecule has 0 saturated carbocycles. The minimum absolute atomic E-state index is 0.0649. The molecule has 0 atom stereocenters. The minimum Gasteiger partial charge on any atom is -0.384 e. The molecule has 0 saturated heterocycles. The highest BCUT2D eigenvalue weighted by atomic mass is 16.2. The molecule has 1 rings (SSSR count). The lowest BCUT2D eigenvalue weighted by Gasteiger charge is -2.10. The lowest BCUT2D eigenvalue weighted by atomic mass is 10.1. The van der Waals surface area contributed by atoms with Gasteiger partial charge in [0.05, 0.1) is 6.54 Å². The van der Waals surface area contributed by atoms with Gasteiger partial charge in [-0.1, -0.05) is 17.9 Å². The number of rotatable bonds is 3. The van der Waals surface area contributed by atoms with Crippen molar-refractivity contribution in [1.82, 2.24) is 4.90 Å². The molecule has 4 heteroatoms. The number of likely N-dealkylation sites (N-methyl/N-ethyl adjacent to an activating group) is 1.